The monoisotopic (exact) mass is 293 g/mol. The first-order valence-corrected chi connectivity index (χ1v) is 6.89. The topological polar surface area (TPSA) is 68.0 Å². The van der Waals surface area contributed by atoms with Crippen molar-refractivity contribution < 1.29 is 9.90 Å². The maximum absolute atomic E-state index is 11.2. The smallest absolute Gasteiger partial charge is 0.375 e. The highest BCUT2D eigenvalue weighted by Gasteiger charge is 2.17. The molecule has 0 aliphatic rings. The number of aromatic carboxylic acids is 1. The Labute approximate surface area is 127 Å². The van der Waals surface area contributed by atoms with Gasteiger partial charge in [-0.2, -0.15) is 0 Å². The van der Waals surface area contributed by atoms with Gasteiger partial charge in [0.2, 0.25) is 0 Å². The Morgan fingerprint density at radius 3 is 2.05 bits per heavy atom. The molecule has 22 heavy (non-hydrogen) atoms. The molecule has 1 heterocycles. The fraction of sp³-hybridized carbons (Fsp3) is 0.118. The van der Waals surface area contributed by atoms with Gasteiger partial charge in [0.05, 0.1) is 5.69 Å². The van der Waals surface area contributed by atoms with Crippen LogP contribution in [0.15, 0.2) is 48.5 Å². The number of aryl methyl sites for hydroxylation is 2. The van der Waals surface area contributed by atoms with Crippen LogP contribution in [0.3, 0.4) is 0 Å². The number of nitrogens with zero attached hydrogens (tertiary/aromatic N) is 3. The molecular weight excluding hydrogens is 278 g/mol. The number of rotatable bonds is 3. The van der Waals surface area contributed by atoms with Crippen LogP contribution in [0.5, 0.6) is 0 Å². The van der Waals surface area contributed by atoms with Gasteiger partial charge >= 0.3 is 5.97 Å². The van der Waals surface area contributed by atoms with E-state index in [1.807, 2.05) is 62.4 Å². The third kappa shape index (κ3) is 2.61. The van der Waals surface area contributed by atoms with Crippen LogP contribution in [0.4, 0.5) is 0 Å². The molecule has 1 N–H and O–H groups in total. The minimum Gasteiger partial charge on any atom is -0.475 e. The SMILES string of the molecule is Cc1ccc(-c2nc(C(=O)O)nn2-c2ccc(C)cc2)cc1. The van der Waals surface area contributed by atoms with E-state index < -0.39 is 5.97 Å². The van der Waals surface area contributed by atoms with E-state index in [2.05, 4.69) is 10.1 Å². The number of carboxylic acids is 1. The fourth-order valence-corrected chi connectivity index (χ4v) is 2.16. The summed E-state index contributed by atoms with van der Waals surface area (Å²) in [6.45, 7) is 3.99. The van der Waals surface area contributed by atoms with Crippen LogP contribution in [-0.4, -0.2) is 25.8 Å². The highest BCUT2D eigenvalue weighted by atomic mass is 16.4. The van der Waals surface area contributed by atoms with Gasteiger partial charge in [-0.15, -0.1) is 5.10 Å². The highest BCUT2D eigenvalue weighted by molar-refractivity contribution is 5.84. The molecular formula is C17H15N3O2. The van der Waals surface area contributed by atoms with Crippen LogP contribution in [0, 0.1) is 13.8 Å². The average Bonchev–Trinajstić information content (AvgIpc) is 2.94. The Morgan fingerprint density at radius 1 is 0.955 bits per heavy atom. The van der Waals surface area contributed by atoms with E-state index in [4.69, 9.17) is 5.11 Å². The maximum atomic E-state index is 11.2. The second-order valence-electron chi connectivity index (χ2n) is 5.18. The molecule has 110 valence electrons. The number of hydrogen-bond acceptors (Lipinski definition) is 3. The van der Waals surface area contributed by atoms with E-state index in [-0.39, 0.29) is 5.82 Å². The molecule has 0 saturated carbocycles. The Morgan fingerprint density at radius 2 is 1.50 bits per heavy atom. The van der Waals surface area contributed by atoms with Gasteiger partial charge in [-0.05, 0) is 26.0 Å². The molecule has 0 saturated heterocycles. The summed E-state index contributed by atoms with van der Waals surface area (Å²) in [5.74, 6) is -0.836. The number of aromatic nitrogens is 3. The molecule has 0 fully saturated rings. The predicted molar refractivity (Wildman–Crippen MR) is 83.2 cm³/mol. The van der Waals surface area contributed by atoms with Crippen LogP contribution in [0.25, 0.3) is 17.1 Å². The van der Waals surface area contributed by atoms with Crippen molar-refractivity contribution in [3.63, 3.8) is 0 Å². The van der Waals surface area contributed by atoms with E-state index in [0.29, 0.717) is 5.82 Å². The van der Waals surface area contributed by atoms with Crippen LogP contribution in [0.2, 0.25) is 0 Å². The molecule has 0 aliphatic carbocycles. The van der Waals surface area contributed by atoms with Gasteiger partial charge in [-0.3, -0.25) is 0 Å². The van der Waals surface area contributed by atoms with Gasteiger partial charge in [0.15, 0.2) is 5.82 Å². The lowest BCUT2D eigenvalue weighted by Gasteiger charge is -2.06. The van der Waals surface area contributed by atoms with E-state index in [1.54, 1.807) is 4.68 Å². The maximum Gasteiger partial charge on any atom is 0.375 e. The first kappa shape index (κ1) is 14.0. The largest absolute Gasteiger partial charge is 0.475 e. The lowest BCUT2D eigenvalue weighted by molar-refractivity contribution is 0.0683. The van der Waals surface area contributed by atoms with Crippen LogP contribution in [0.1, 0.15) is 21.7 Å². The zero-order chi connectivity index (χ0) is 15.7. The minimum atomic E-state index is -1.14. The standard InChI is InChI=1S/C17H15N3O2/c1-11-3-7-13(8-4-11)16-18-15(17(21)22)19-20(16)14-9-5-12(2)6-10-14/h3-10H,1-2H3,(H,21,22). The summed E-state index contributed by atoms with van der Waals surface area (Å²) in [4.78, 5) is 15.4. The van der Waals surface area contributed by atoms with Crippen molar-refractivity contribution >= 4 is 5.97 Å². The van der Waals surface area contributed by atoms with Gasteiger partial charge in [0, 0.05) is 5.56 Å². The number of carbonyl (C=O) groups is 1. The Balaban J connectivity index is 2.17. The quantitative estimate of drug-likeness (QED) is 0.805. The third-order valence-corrected chi connectivity index (χ3v) is 3.39. The van der Waals surface area contributed by atoms with Gasteiger partial charge in [0.1, 0.15) is 0 Å². The highest BCUT2D eigenvalue weighted by Crippen LogP contribution is 2.22. The summed E-state index contributed by atoms with van der Waals surface area (Å²) >= 11 is 0. The third-order valence-electron chi connectivity index (χ3n) is 3.39. The molecule has 3 rings (SSSR count). The molecule has 0 amide bonds. The number of hydrogen-bond donors (Lipinski definition) is 1. The van der Waals surface area contributed by atoms with E-state index in [1.165, 1.54) is 0 Å². The van der Waals surface area contributed by atoms with Crippen molar-refractivity contribution in [3.8, 4) is 17.1 Å². The van der Waals surface area contributed by atoms with Crippen molar-refractivity contribution in [2.75, 3.05) is 0 Å². The molecule has 0 unspecified atom stereocenters. The number of benzene rings is 2. The summed E-state index contributed by atoms with van der Waals surface area (Å²) in [5.41, 5.74) is 3.86. The van der Waals surface area contributed by atoms with Crippen molar-refractivity contribution in [1.29, 1.82) is 0 Å². The number of carboxylic acid groups (broad SMARTS) is 1. The molecule has 0 spiro atoms. The summed E-state index contributed by atoms with van der Waals surface area (Å²) in [6, 6.07) is 15.5. The van der Waals surface area contributed by atoms with Gasteiger partial charge in [-0.25, -0.2) is 14.5 Å². The summed E-state index contributed by atoms with van der Waals surface area (Å²) in [7, 11) is 0. The lowest BCUT2D eigenvalue weighted by atomic mass is 10.1. The molecule has 0 aliphatic heterocycles. The zero-order valence-electron chi connectivity index (χ0n) is 12.3. The fourth-order valence-electron chi connectivity index (χ4n) is 2.16. The predicted octanol–water partition coefficient (Wildman–Crippen LogP) is 3.25. The molecule has 5 nitrogen and oxygen atoms in total. The summed E-state index contributed by atoms with van der Waals surface area (Å²) in [5, 5.41) is 13.3. The average molecular weight is 293 g/mol. The van der Waals surface area contributed by atoms with Crippen molar-refractivity contribution in [3.05, 3.63) is 65.5 Å². The first-order valence-electron chi connectivity index (χ1n) is 6.89. The molecule has 5 heteroatoms. The van der Waals surface area contributed by atoms with Gasteiger partial charge in [0.25, 0.3) is 5.82 Å². The molecule has 1 aromatic heterocycles. The first-order chi connectivity index (χ1) is 10.5. The van der Waals surface area contributed by atoms with Crippen LogP contribution >= 0.6 is 0 Å². The van der Waals surface area contributed by atoms with Crippen molar-refractivity contribution in [2.24, 2.45) is 0 Å². The molecule has 0 radical (unpaired) electrons. The summed E-state index contributed by atoms with van der Waals surface area (Å²) in [6.07, 6.45) is 0. The Bertz CT molecular complexity index is 755. The van der Waals surface area contributed by atoms with E-state index in [0.717, 1.165) is 22.4 Å². The molecule has 0 atom stereocenters. The lowest BCUT2D eigenvalue weighted by Crippen LogP contribution is -2.02. The van der Waals surface area contributed by atoms with Crippen LogP contribution in [-0.2, 0) is 0 Å². The normalized spacial score (nSPS) is 10.6. The second kappa shape index (κ2) is 5.44. The second-order valence-corrected chi connectivity index (χ2v) is 5.18. The van der Waals surface area contributed by atoms with Gasteiger partial charge < -0.3 is 5.11 Å². The van der Waals surface area contributed by atoms with E-state index in [9.17, 15) is 4.79 Å². The van der Waals surface area contributed by atoms with E-state index >= 15 is 0 Å². The molecule has 0 bridgehead atoms. The van der Waals surface area contributed by atoms with Crippen LogP contribution < -0.4 is 0 Å². The Hall–Kier alpha value is -2.95. The summed E-state index contributed by atoms with van der Waals surface area (Å²) < 4.78 is 1.56. The van der Waals surface area contributed by atoms with Gasteiger partial charge in [-0.1, -0.05) is 47.5 Å². The molecule has 3 aromatic rings. The molecule has 2 aromatic carbocycles. The van der Waals surface area contributed by atoms with Crippen molar-refractivity contribution in [1.82, 2.24) is 14.8 Å². The Kier molecular flexibility index (Phi) is 3.47. The zero-order valence-corrected chi connectivity index (χ0v) is 12.3. The van der Waals surface area contributed by atoms with Crippen molar-refractivity contribution in [2.45, 2.75) is 13.8 Å². The minimum absolute atomic E-state index is 0.212.